The lowest BCUT2D eigenvalue weighted by atomic mass is 9.88. The Balaban J connectivity index is 1.93. The van der Waals surface area contributed by atoms with Crippen LogP contribution in [0.5, 0.6) is 5.75 Å². The molecule has 0 spiro atoms. The first-order valence-corrected chi connectivity index (χ1v) is 11.2. The molecule has 1 N–H and O–H groups in total. The topological polar surface area (TPSA) is 85.3 Å². The number of halogens is 1. The molecule has 2 aromatic rings. The molecule has 1 heterocycles. The van der Waals surface area contributed by atoms with Crippen LogP contribution < -0.4 is 4.74 Å². The number of nitrogens with zero attached hydrogens (tertiary/aromatic N) is 1. The average molecular weight is 426 g/mol. The van der Waals surface area contributed by atoms with Gasteiger partial charge in [-0.05, 0) is 36.1 Å². The van der Waals surface area contributed by atoms with Gasteiger partial charge in [-0.3, -0.25) is 4.84 Å². The summed E-state index contributed by atoms with van der Waals surface area (Å²) in [5.41, 5.74) is 0.111. The van der Waals surface area contributed by atoms with Crippen LogP contribution in [0, 0.1) is 0 Å². The lowest BCUT2D eigenvalue weighted by Crippen LogP contribution is -2.48. The highest BCUT2D eigenvalue weighted by Crippen LogP contribution is 2.51. The Hall–Kier alpha value is -1.89. The van der Waals surface area contributed by atoms with E-state index < -0.39 is 18.5 Å². The SMILES string of the molecule is COc1ccc([C@@]2(C(=O)OP(=O)(O)Cl)CCCN2OCc2ccccc2)cc1. The van der Waals surface area contributed by atoms with Gasteiger partial charge in [-0.15, -0.1) is 0 Å². The first kappa shape index (κ1) is 20.8. The van der Waals surface area contributed by atoms with Crippen LogP contribution in [0.15, 0.2) is 54.6 Å². The highest BCUT2D eigenvalue weighted by molar-refractivity contribution is 7.80. The monoisotopic (exact) mass is 425 g/mol. The van der Waals surface area contributed by atoms with Crippen molar-refractivity contribution in [3.63, 3.8) is 0 Å². The van der Waals surface area contributed by atoms with Crippen molar-refractivity contribution in [1.82, 2.24) is 5.06 Å². The van der Waals surface area contributed by atoms with E-state index in [-0.39, 0.29) is 6.61 Å². The van der Waals surface area contributed by atoms with Gasteiger partial charge in [0, 0.05) is 17.8 Å². The van der Waals surface area contributed by atoms with Crippen LogP contribution >= 0.6 is 18.2 Å². The lowest BCUT2D eigenvalue weighted by Gasteiger charge is -2.35. The van der Waals surface area contributed by atoms with Crippen LogP contribution in [0.4, 0.5) is 0 Å². The molecule has 28 heavy (non-hydrogen) atoms. The molecule has 150 valence electrons. The molecule has 0 saturated carbocycles. The number of rotatable bonds is 7. The summed E-state index contributed by atoms with van der Waals surface area (Å²) in [4.78, 5) is 28.3. The minimum absolute atomic E-state index is 0.240. The Kier molecular flexibility index (Phi) is 6.43. The maximum absolute atomic E-state index is 13.0. The molecule has 7 nitrogen and oxygen atoms in total. The van der Waals surface area contributed by atoms with E-state index in [0.29, 0.717) is 30.7 Å². The lowest BCUT2D eigenvalue weighted by molar-refractivity contribution is -0.223. The molecule has 1 saturated heterocycles. The largest absolute Gasteiger partial charge is 0.497 e. The molecule has 3 rings (SSSR count). The van der Waals surface area contributed by atoms with E-state index in [2.05, 4.69) is 0 Å². The molecule has 1 unspecified atom stereocenters. The maximum atomic E-state index is 13.0. The summed E-state index contributed by atoms with van der Waals surface area (Å²) in [5.74, 6) is -0.309. The molecule has 1 fully saturated rings. The van der Waals surface area contributed by atoms with Crippen molar-refractivity contribution < 1.29 is 28.4 Å². The molecular formula is C19H21ClNO6P. The number of benzene rings is 2. The molecule has 9 heteroatoms. The van der Waals surface area contributed by atoms with E-state index >= 15 is 0 Å². The predicted octanol–water partition coefficient (Wildman–Crippen LogP) is 4.00. The van der Waals surface area contributed by atoms with Crippen molar-refractivity contribution in [2.75, 3.05) is 13.7 Å². The van der Waals surface area contributed by atoms with Crippen LogP contribution in [0.1, 0.15) is 24.0 Å². The zero-order chi connectivity index (χ0) is 20.2. The van der Waals surface area contributed by atoms with Crippen LogP contribution in [0.25, 0.3) is 0 Å². The highest BCUT2D eigenvalue weighted by Gasteiger charge is 2.53. The minimum atomic E-state index is -4.54. The van der Waals surface area contributed by atoms with E-state index in [1.165, 1.54) is 5.06 Å². The van der Waals surface area contributed by atoms with Gasteiger partial charge < -0.3 is 14.2 Å². The number of hydrogen-bond acceptors (Lipinski definition) is 6. The fourth-order valence-corrected chi connectivity index (χ4v) is 3.89. The fourth-order valence-electron chi connectivity index (χ4n) is 3.35. The number of ether oxygens (including phenoxy) is 1. The van der Waals surface area contributed by atoms with Crippen molar-refractivity contribution in [3.05, 3.63) is 65.7 Å². The molecule has 0 aliphatic carbocycles. The van der Waals surface area contributed by atoms with Crippen molar-refractivity contribution in [2.45, 2.75) is 25.0 Å². The summed E-state index contributed by atoms with van der Waals surface area (Å²) in [7, 11) is 1.54. The first-order valence-electron chi connectivity index (χ1n) is 8.71. The summed E-state index contributed by atoms with van der Waals surface area (Å²) in [6.45, 7) is -3.85. The molecule has 2 aromatic carbocycles. The molecule has 1 aliphatic heterocycles. The van der Waals surface area contributed by atoms with E-state index in [1.807, 2.05) is 30.3 Å². The predicted molar refractivity (Wildman–Crippen MR) is 104 cm³/mol. The van der Waals surface area contributed by atoms with Crippen LogP contribution in [-0.4, -0.2) is 29.6 Å². The van der Waals surface area contributed by atoms with Gasteiger partial charge in [0.1, 0.15) is 5.75 Å². The van der Waals surface area contributed by atoms with Crippen LogP contribution in [-0.2, 0) is 30.9 Å². The standard InChI is InChI=1S/C19H21ClNO6P/c1-25-17-10-8-16(9-11-17)19(18(22)27-28(20,23)24)12-5-13-21(19)26-14-15-6-3-2-4-7-15/h2-4,6-11H,5,12-14H2,1H3,(H,23,24)/t19-/m1/s1. The van der Waals surface area contributed by atoms with Gasteiger partial charge >= 0.3 is 12.9 Å². The molecule has 0 bridgehead atoms. The highest BCUT2D eigenvalue weighted by atomic mass is 35.7. The second-order valence-electron chi connectivity index (χ2n) is 6.38. The van der Waals surface area contributed by atoms with Gasteiger partial charge in [-0.1, -0.05) is 42.5 Å². The molecule has 1 aliphatic rings. The van der Waals surface area contributed by atoms with Gasteiger partial charge in [0.05, 0.1) is 13.7 Å². The number of hydroxylamine groups is 2. The quantitative estimate of drug-likeness (QED) is 0.671. The van der Waals surface area contributed by atoms with Crippen molar-refractivity contribution in [1.29, 1.82) is 0 Å². The number of methoxy groups -OCH3 is 1. The van der Waals surface area contributed by atoms with Crippen LogP contribution in [0.3, 0.4) is 0 Å². The molecule has 0 amide bonds. The van der Waals surface area contributed by atoms with Gasteiger partial charge in [0.25, 0.3) is 0 Å². The van der Waals surface area contributed by atoms with Crippen molar-refractivity contribution in [3.8, 4) is 5.75 Å². The number of hydrogen-bond donors (Lipinski definition) is 1. The third-order valence-electron chi connectivity index (χ3n) is 4.66. The first-order chi connectivity index (χ1) is 13.3. The normalized spacial score (nSPS) is 21.8. The summed E-state index contributed by atoms with van der Waals surface area (Å²) < 4.78 is 21.4. The Labute approximate surface area is 168 Å². The van der Waals surface area contributed by atoms with Gasteiger partial charge in [0.2, 0.25) is 0 Å². The zero-order valence-corrected chi connectivity index (χ0v) is 16.9. The summed E-state index contributed by atoms with van der Waals surface area (Å²) in [6, 6.07) is 16.3. The second-order valence-corrected chi connectivity index (χ2v) is 8.75. The summed E-state index contributed by atoms with van der Waals surface area (Å²) in [6.07, 6.45) is 0.984. The van der Waals surface area contributed by atoms with E-state index in [4.69, 9.17) is 25.3 Å². The molecule has 0 radical (unpaired) electrons. The Morgan fingerprint density at radius 3 is 2.50 bits per heavy atom. The number of carbonyl (C=O) groups excluding carboxylic acids is 1. The maximum Gasteiger partial charge on any atom is 0.476 e. The average Bonchev–Trinajstić information content (AvgIpc) is 3.11. The summed E-state index contributed by atoms with van der Waals surface area (Å²) in [5, 5.41) is 1.51. The van der Waals surface area contributed by atoms with Crippen molar-refractivity contribution >= 4 is 24.2 Å². The third-order valence-corrected chi connectivity index (χ3v) is 5.25. The van der Waals surface area contributed by atoms with E-state index in [1.54, 1.807) is 31.4 Å². The van der Waals surface area contributed by atoms with Crippen molar-refractivity contribution in [2.24, 2.45) is 0 Å². The van der Waals surface area contributed by atoms with Gasteiger partial charge in [-0.2, -0.15) is 5.06 Å². The van der Waals surface area contributed by atoms with Gasteiger partial charge in [-0.25, -0.2) is 9.36 Å². The zero-order valence-electron chi connectivity index (χ0n) is 15.3. The minimum Gasteiger partial charge on any atom is -0.497 e. The van der Waals surface area contributed by atoms with Gasteiger partial charge in [0.15, 0.2) is 5.54 Å². The number of carbonyl (C=O) groups is 1. The Morgan fingerprint density at radius 1 is 1.21 bits per heavy atom. The Morgan fingerprint density at radius 2 is 1.89 bits per heavy atom. The second kappa shape index (κ2) is 8.64. The molecular weight excluding hydrogens is 405 g/mol. The Bertz CT molecular complexity index is 856. The smallest absolute Gasteiger partial charge is 0.476 e. The third kappa shape index (κ3) is 4.57. The molecule has 2 atom stereocenters. The van der Waals surface area contributed by atoms with E-state index in [0.717, 1.165) is 5.56 Å². The molecule has 0 aromatic heterocycles. The summed E-state index contributed by atoms with van der Waals surface area (Å²) >= 11 is 5.31. The van der Waals surface area contributed by atoms with E-state index in [9.17, 15) is 14.3 Å². The van der Waals surface area contributed by atoms with Crippen LogP contribution in [0.2, 0.25) is 0 Å². The fraction of sp³-hybridized carbons (Fsp3) is 0.316.